The van der Waals surface area contributed by atoms with Crippen molar-refractivity contribution in [1.29, 1.82) is 0 Å². The number of furan rings is 1. The van der Waals surface area contributed by atoms with Gasteiger partial charge in [0.2, 0.25) is 0 Å². The lowest BCUT2D eigenvalue weighted by Crippen LogP contribution is -2.41. The molecule has 0 spiro atoms. The molecular weight excluding hydrogens is 499 g/mol. The van der Waals surface area contributed by atoms with Crippen LogP contribution in [-0.2, 0) is 9.59 Å². The Morgan fingerprint density at radius 2 is 1.97 bits per heavy atom. The SMILES string of the molecule is Cc1cc([N+](=O)[O-])ccc1-c1ccc(/C=N\NC(=O)CNC(=O)[C@@H](C)Oc2ccc(Cl)cc2Cl)o1. The van der Waals surface area contributed by atoms with Gasteiger partial charge in [0.25, 0.3) is 17.5 Å². The van der Waals surface area contributed by atoms with Gasteiger partial charge >= 0.3 is 0 Å². The van der Waals surface area contributed by atoms with Gasteiger partial charge in [-0.25, -0.2) is 5.43 Å². The number of hydrogen-bond acceptors (Lipinski definition) is 7. The van der Waals surface area contributed by atoms with E-state index in [1.54, 1.807) is 37.3 Å². The highest BCUT2D eigenvalue weighted by molar-refractivity contribution is 6.35. The average Bonchev–Trinajstić information content (AvgIpc) is 3.27. The lowest BCUT2D eigenvalue weighted by molar-refractivity contribution is -0.384. The van der Waals surface area contributed by atoms with Crippen molar-refractivity contribution in [3.63, 3.8) is 0 Å². The van der Waals surface area contributed by atoms with Crippen molar-refractivity contribution in [3.05, 3.63) is 80.0 Å². The Bertz CT molecular complexity index is 1290. The second kappa shape index (κ2) is 11.5. The van der Waals surface area contributed by atoms with E-state index in [2.05, 4.69) is 15.8 Å². The number of nitro benzene ring substituents is 1. The second-order valence-electron chi connectivity index (χ2n) is 7.30. The Morgan fingerprint density at radius 3 is 2.66 bits per heavy atom. The van der Waals surface area contributed by atoms with Crippen LogP contribution in [0.25, 0.3) is 11.3 Å². The largest absolute Gasteiger partial charge is 0.479 e. The van der Waals surface area contributed by atoms with Gasteiger partial charge in [-0.05, 0) is 55.8 Å². The van der Waals surface area contributed by atoms with Gasteiger partial charge in [0.1, 0.15) is 17.3 Å². The summed E-state index contributed by atoms with van der Waals surface area (Å²) in [6.45, 7) is 2.92. The Kier molecular flexibility index (Phi) is 8.45. The molecule has 12 heteroatoms. The third kappa shape index (κ3) is 7.05. The van der Waals surface area contributed by atoms with Crippen molar-refractivity contribution in [2.45, 2.75) is 20.0 Å². The van der Waals surface area contributed by atoms with E-state index >= 15 is 0 Å². The van der Waals surface area contributed by atoms with Crippen LogP contribution in [0.15, 0.2) is 58.0 Å². The molecule has 2 N–H and O–H groups in total. The van der Waals surface area contributed by atoms with E-state index in [1.807, 2.05) is 0 Å². The van der Waals surface area contributed by atoms with Gasteiger partial charge in [-0.15, -0.1) is 0 Å². The topological polar surface area (TPSA) is 136 Å². The number of nitrogens with zero attached hydrogens (tertiary/aromatic N) is 2. The summed E-state index contributed by atoms with van der Waals surface area (Å²) in [7, 11) is 0. The molecule has 1 heterocycles. The van der Waals surface area contributed by atoms with E-state index in [4.69, 9.17) is 32.4 Å². The zero-order chi connectivity index (χ0) is 25.5. The van der Waals surface area contributed by atoms with E-state index < -0.39 is 22.8 Å². The molecule has 0 bridgehead atoms. The number of non-ortho nitro benzene ring substituents is 1. The van der Waals surface area contributed by atoms with Crippen LogP contribution in [0.1, 0.15) is 18.2 Å². The van der Waals surface area contributed by atoms with Crippen molar-refractivity contribution < 1.29 is 23.7 Å². The summed E-state index contributed by atoms with van der Waals surface area (Å²) in [6, 6.07) is 12.4. The molecule has 10 nitrogen and oxygen atoms in total. The van der Waals surface area contributed by atoms with Gasteiger partial charge in [-0.3, -0.25) is 19.7 Å². The van der Waals surface area contributed by atoms with Crippen molar-refractivity contribution in [1.82, 2.24) is 10.7 Å². The Hall–Kier alpha value is -3.89. The van der Waals surface area contributed by atoms with Crippen molar-refractivity contribution >= 4 is 46.9 Å². The van der Waals surface area contributed by atoms with E-state index in [1.165, 1.54) is 31.3 Å². The first kappa shape index (κ1) is 25.7. The Morgan fingerprint density at radius 1 is 1.20 bits per heavy atom. The van der Waals surface area contributed by atoms with E-state index in [0.29, 0.717) is 27.7 Å². The third-order valence-electron chi connectivity index (χ3n) is 4.68. The Labute approximate surface area is 210 Å². The number of carbonyl (C=O) groups is 2. The van der Waals surface area contributed by atoms with Gasteiger partial charge in [-0.2, -0.15) is 5.10 Å². The standard InChI is InChI=1S/C23H20Cl2N4O6/c1-13-9-16(29(32)33)4-6-18(13)20-8-5-17(35-20)11-27-28-22(30)12-26-23(31)14(2)34-21-7-3-15(24)10-19(21)25/h3-11,14H,12H2,1-2H3,(H,26,31)(H,28,30)/b27-11-/t14-/m1/s1. The number of nitrogens with one attached hydrogen (secondary N) is 2. The molecule has 0 aliphatic carbocycles. The van der Waals surface area contributed by atoms with Crippen molar-refractivity contribution in [3.8, 4) is 17.1 Å². The molecule has 0 radical (unpaired) electrons. The quantitative estimate of drug-likeness (QED) is 0.243. The summed E-state index contributed by atoms with van der Waals surface area (Å²) in [5.74, 6) is 0.0410. The maximum absolute atomic E-state index is 12.2. The summed E-state index contributed by atoms with van der Waals surface area (Å²) in [4.78, 5) is 34.6. The van der Waals surface area contributed by atoms with Crippen LogP contribution < -0.4 is 15.5 Å². The number of rotatable bonds is 9. The van der Waals surface area contributed by atoms with Crippen LogP contribution in [0, 0.1) is 17.0 Å². The third-order valence-corrected chi connectivity index (χ3v) is 5.21. The number of halogens is 2. The fourth-order valence-electron chi connectivity index (χ4n) is 2.94. The minimum Gasteiger partial charge on any atom is -0.479 e. The van der Waals surface area contributed by atoms with Crippen LogP contribution >= 0.6 is 23.2 Å². The van der Waals surface area contributed by atoms with Crippen LogP contribution in [0.2, 0.25) is 10.0 Å². The van der Waals surface area contributed by atoms with Crippen LogP contribution in [0.4, 0.5) is 5.69 Å². The molecule has 2 aromatic carbocycles. The van der Waals surface area contributed by atoms with Crippen molar-refractivity contribution in [2.75, 3.05) is 6.54 Å². The smallest absolute Gasteiger partial charge is 0.269 e. The molecule has 0 saturated carbocycles. The monoisotopic (exact) mass is 518 g/mol. The summed E-state index contributed by atoms with van der Waals surface area (Å²) in [5, 5.41) is 17.8. The minimum atomic E-state index is -0.908. The number of nitro groups is 1. The highest BCUT2D eigenvalue weighted by Gasteiger charge is 2.17. The second-order valence-corrected chi connectivity index (χ2v) is 8.15. The number of carbonyl (C=O) groups excluding carboxylic acids is 2. The molecule has 0 aliphatic heterocycles. The van der Waals surface area contributed by atoms with Gasteiger partial charge in [0.05, 0.1) is 22.7 Å². The molecular formula is C23H20Cl2N4O6. The molecule has 2 amide bonds. The molecule has 0 unspecified atom stereocenters. The molecule has 1 atom stereocenters. The molecule has 35 heavy (non-hydrogen) atoms. The van der Waals surface area contributed by atoms with Gasteiger partial charge in [0.15, 0.2) is 6.10 Å². The van der Waals surface area contributed by atoms with E-state index in [-0.39, 0.29) is 23.0 Å². The summed E-state index contributed by atoms with van der Waals surface area (Å²) >= 11 is 11.9. The molecule has 0 aliphatic rings. The maximum atomic E-state index is 12.2. The molecule has 0 fully saturated rings. The summed E-state index contributed by atoms with van der Waals surface area (Å²) in [5.41, 5.74) is 3.64. The lowest BCUT2D eigenvalue weighted by Gasteiger charge is -2.15. The van der Waals surface area contributed by atoms with Crippen LogP contribution in [0.3, 0.4) is 0 Å². The molecule has 182 valence electrons. The fraction of sp³-hybridized carbons (Fsp3) is 0.174. The van der Waals surface area contributed by atoms with E-state index in [0.717, 1.165) is 0 Å². The first-order valence-corrected chi connectivity index (χ1v) is 11.0. The molecule has 1 aromatic heterocycles. The maximum Gasteiger partial charge on any atom is 0.269 e. The number of amides is 2. The van der Waals surface area contributed by atoms with Gasteiger partial charge in [-0.1, -0.05) is 23.2 Å². The molecule has 3 aromatic rings. The molecule has 0 saturated heterocycles. The normalized spacial score (nSPS) is 11.8. The van der Waals surface area contributed by atoms with Crippen molar-refractivity contribution in [2.24, 2.45) is 5.10 Å². The zero-order valence-corrected chi connectivity index (χ0v) is 20.1. The van der Waals surface area contributed by atoms with Crippen LogP contribution in [-0.4, -0.2) is 35.6 Å². The first-order valence-electron chi connectivity index (χ1n) is 10.2. The zero-order valence-electron chi connectivity index (χ0n) is 18.6. The highest BCUT2D eigenvalue weighted by atomic mass is 35.5. The van der Waals surface area contributed by atoms with Gasteiger partial charge in [0, 0.05) is 22.7 Å². The number of hydrazone groups is 1. The lowest BCUT2D eigenvalue weighted by atomic mass is 10.1. The Balaban J connectivity index is 1.48. The van der Waals surface area contributed by atoms with Gasteiger partial charge < -0.3 is 14.5 Å². The predicted molar refractivity (Wildman–Crippen MR) is 131 cm³/mol. The number of hydrogen-bond donors (Lipinski definition) is 2. The highest BCUT2D eigenvalue weighted by Crippen LogP contribution is 2.29. The van der Waals surface area contributed by atoms with E-state index in [9.17, 15) is 19.7 Å². The fourth-order valence-corrected chi connectivity index (χ4v) is 3.39. The summed E-state index contributed by atoms with van der Waals surface area (Å²) < 4.78 is 11.1. The average molecular weight is 519 g/mol. The number of ether oxygens (including phenoxy) is 1. The first-order chi connectivity index (χ1) is 16.6. The minimum absolute atomic E-state index is 0.0101. The number of benzene rings is 2. The number of aryl methyl sites for hydroxylation is 1. The van der Waals surface area contributed by atoms with Crippen LogP contribution in [0.5, 0.6) is 5.75 Å². The summed E-state index contributed by atoms with van der Waals surface area (Å²) in [6.07, 6.45) is 0.382. The predicted octanol–water partition coefficient (Wildman–Crippen LogP) is 4.50. The molecule has 3 rings (SSSR count).